The third-order valence-electron chi connectivity index (χ3n) is 5.14. The van der Waals surface area contributed by atoms with Crippen LogP contribution >= 0.6 is 0 Å². The van der Waals surface area contributed by atoms with Gasteiger partial charge in [0.15, 0.2) is 0 Å². The third kappa shape index (κ3) is 2.66. The summed E-state index contributed by atoms with van der Waals surface area (Å²) >= 11 is 0. The van der Waals surface area contributed by atoms with Crippen LogP contribution in [0.2, 0.25) is 0 Å². The maximum atomic E-state index is 12.2. The molecule has 0 aliphatic carbocycles. The topological polar surface area (TPSA) is 32.3 Å². The minimum Gasteiger partial charge on any atom is -0.364 e. The van der Waals surface area contributed by atoms with E-state index in [0.717, 1.165) is 35.0 Å². The van der Waals surface area contributed by atoms with Crippen molar-refractivity contribution in [3.63, 3.8) is 0 Å². The molecule has 0 radical (unpaired) electrons. The first-order valence-corrected chi connectivity index (χ1v) is 8.86. The lowest BCUT2D eigenvalue weighted by Crippen LogP contribution is -2.32. The van der Waals surface area contributed by atoms with Gasteiger partial charge >= 0.3 is 0 Å². The number of carbonyl (C=O) groups is 1. The van der Waals surface area contributed by atoms with Crippen molar-refractivity contribution in [2.24, 2.45) is 0 Å². The summed E-state index contributed by atoms with van der Waals surface area (Å²) in [4.78, 5) is 14.6. The lowest BCUT2D eigenvalue weighted by molar-refractivity contribution is 0.103. The molecule has 1 N–H and O–H groups in total. The van der Waals surface area contributed by atoms with Crippen LogP contribution in [0.1, 0.15) is 36.2 Å². The van der Waals surface area contributed by atoms with Crippen molar-refractivity contribution in [1.29, 1.82) is 0 Å². The van der Waals surface area contributed by atoms with Crippen LogP contribution < -0.4 is 10.2 Å². The minimum absolute atomic E-state index is 0.00380. The molecule has 1 atom stereocenters. The fraction of sp³-hybridized carbons (Fsp3) is 0.227. The van der Waals surface area contributed by atoms with E-state index in [2.05, 4.69) is 60.5 Å². The number of benzene rings is 3. The van der Waals surface area contributed by atoms with Crippen LogP contribution in [0, 0.1) is 0 Å². The van der Waals surface area contributed by atoms with Crippen LogP contribution in [-0.2, 0) is 6.54 Å². The molecule has 0 saturated carbocycles. The number of carbonyl (C=O) groups excluding carboxylic acids is 1. The molecule has 1 heterocycles. The molecule has 0 unspecified atom stereocenters. The van der Waals surface area contributed by atoms with Crippen LogP contribution in [0.4, 0.5) is 11.4 Å². The molecule has 3 aromatic carbocycles. The summed E-state index contributed by atoms with van der Waals surface area (Å²) in [5.74, 6) is -0.00380. The highest BCUT2D eigenvalue weighted by atomic mass is 16.1. The number of nitrogens with one attached hydrogen (secondary N) is 1. The zero-order valence-electron chi connectivity index (χ0n) is 14.6. The van der Waals surface area contributed by atoms with Crippen molar-refractivity contribution < 1.29 is 4.79 Å². The van der Waals surface area contributed by atoms with Gasteiger partial charge in [-0.3, -0.25) is 4.79 Å². The SMILES string of the molecule is CC[C@@H](C)N(Cc1ccccc1)c1ccc2c3c(cccc13)C(=O)N2. The van der Waals surface area contributed by atoms with Crippen LogP contribution in [0.15, 0.2) is 60.7 Å². The second-order valence-corrected chi connectivity index (χ2v) is 6.69. The van der Waals surface area contributed by atoms with Gasteiger partial charge in [0.05, 0.1) is 0 Å². The summed E-state index contributed by atoms with van der Waals surface area (Å²) in [7, 11) is 0. The lowest BCUT2D eigenvalue weighted by atomic mass is 10.0. The normalized spacial score (nSPS) is 13.8. The number of hydrogen-bond donors (Lipinski definition) is 1. The number of anilines is 2. The molecule has 25 heavy (non-hydrogen) atoms. The number of amides is 1. The molecule has 3 aromatic rings. The van der Waals surface area contributed by atoms with Gasteiger partial charge in [0.1, 0.15) is 0 Å². The lowest BCUT2D eigenvalue weighted by Gasteiger charge is -2.32. The van der Waals surface area contributed by atoms with E-state index in [1.807, 2.05) is 24.3 Å². The van der Waals surface area contributed by atoms with E-state index >= 15 is 0 Å². The van der Waals surface area contributed by atoms with Gasteiger partial charge in [-0.2, -0.15) is 0 Å². The molecule has 1 aliphatic rings. The molecule has 0 fully saturated rings. The number of rotatable bonds is 5. The number of hydrogen-bond acceptors (Lipinski definition) is 2. The summed E-state index contributed by atoms with van der Waals surface area (Å²) in [6, 6.07) is 21.1. The van der Waals surface area contributed by atoms with E-state index in [0.29, 0.717) is 6.04 Å². The first kappa shape index (κ1) is 15.7. The summed E-state index contributed by atoms with van der Waals surface area (Å²) in [5, 5.41) is 5.16. The Kier molecular flexibility index (Phi) is 3.92. The Hall–Kier alpha value is -2.81. The minimum atomic E-state index is -0.00380. The molecule has 3 heteroatoms. The maximum Gasteiger partial charge on any atom is 0.256 e. The molecular formula is C22H22N2O. The van der Waals surface area contributed by atoms with Crippen molar-refractivity contribution in [1.82, 2.24) is 0 Å². The second kappa shape index (κ2) is 6.25. The van der Waals surface area contributed by atoms with Crippen LogP contribution in [0.5, 0.6) is 0 Å². The van der Waals surface area contributed by atoms with Gasteiger partial charge in [-0.25, -0.2) is 0 Å². The zero-order chi connectivity index (χ0) is 17.4. The largest absolute Gasteiger partial charge is 0.364 e. The molecule has 0 saturated heterocycles. The van der Waals surface area contributed by atoms with Gasteiger partial charge in [0, 0.05) is 40.3 Å². The van der Waals surface area contributed by atoms with Crippen LogP contribution in [-0.4, -0.2) is 11.9 Å². The van der Waals surface area contributed by atoms with Crippen molar-refractivity contribution in [3.05, 3.63) is 71.8 Å². The molecule has 1 amide bonds. The Morgan fingerprint density at radius 1 is 1.00 bits per heavy atom. The van der Waals surface area contributed by atoms with Crippen molar-refractivity contribution in [2.75, 3.05) is 10.2 Å². The Balaban J connectivity index is 1.85. The highest BCUT2D eigenvalue weighted by molar-refractivity contribution is 6.25. The Labute approximate surface area is 148 Å². The molecule has 126 valence electrons. The van der Waals surface area contributed by atoms with Gasteiger partial charge in [0.25, 0.3) is 5.91 Å². The van der Waals surface area contributed by atoms with Gasteiger partial charge in [-0.1, -0.05) is 49.4 Å². The van der Waals surface area contributed by atoms with Crippen LogP contribution in [0.3, 0.4) is 0 Å². The smallest absolute Gasteiger partial charge is 0.256 e. The van der Waals surface area contributed by atoms with E-state index < -0.39 is 0 Å². The zero-order valence-corrected chi connectivity index (χ0v) is 14.6. The molecule has 4 rings (SSSR count). The summed E-state index contributed by atoms with van der Waals surface area (Å²) in [6.45, 7) is 5.33. The van der Waals surface area contributed by atoms with Gasteiger partial charge in [-0.05, 0) is 37.1 Å². The molecule has 0 bridgehead atoms. The highest BCUT2D eigenvalue weighted by Gasteiger charge is 2.24. The monoisotopic (exact) mass is 330 g/mol. The maximum absolute atomic E-state index is 12.2. The standard InChI is InChI=1S/C22H22N2O/c1-3-15(2)24(14-16-8-5-4-6-9-16)20-13-12-19-21-17(20)10-7-11-18(21)22(25)23-19/h4-13,15H,3,14H2,1-2H3,(H,23,25)/t15-/m1/s1. The van der Waals surface area contributed by atoms with Crippen molar-refractivity contribution >= 4 is 28.1 Å². The number of nitrogens with zero attached hydrogens (tertiary/aromatic N) is 1. The van der Waals surface area contributed by atoms with E-state index in [1.165, 1.54) is 11.3 Å². The fourth-order valence-corrected chi connectivity index (χ4v) is 3.60. The highest BCUT2D eigenvalue weighted by Crippen LogP contribution is 2.39. The molecule has 0 aromatic heterocycles. The van der Waals surface area contributed by atoms with E-state index in [-0.39, 0.29) is 5.91 Å². The molecule has 1 aliphatic heterocycles. The third-order valence-corrected chi connectivity index (χ3v) is 5.14. The Morgan fingerprint density at radius 3 is 2.56 bits per heavy atom. The first-order valence-electron chi connectivity index (χ1n) is 8.86. The summed E-state index contributed by atoms with van der Waals surface area (Å²) in [5.41, 5.74) is 4.18. The van der Waals surface area contributed by atoms with Gasteiger partial charge < -0.3 is 10.2 Å². The molecule has 3 nitrogen and oxygen atoms in total. The van der Waals surface area contributed by atoms with E-state index in [9.17, 15) is 4.79 Å². The average molecular weight is 330 g/mol. The van der Waals surface area contributed by atoms with Gasteiger partial charge in [-0.15, -0.1) is 0 Å². The van der Waals surface area contributed by atoms with E-state index in [4.69, 9.17) is 0 Å². The van der Waals surface area contributed by atoms with Crippen molar-refractivity contribution in [2.45, 2.75) is 32.9 Å². The first-order chi connectivity index (χ1) is 12.2. The fourth-order valence-electron chi connectivity index (χ4n) is 3.60. The summed E-state index contributed by atoms with van der Waals surface area (Å²) in [6.07, 6.45) is 1.06. The quantitative estimate of drug-likeness (QED) is 0.696. The predicted octanol–water partition coefficient (Wildman–Crippen LogP) is 5.21. The molecule has 0 spiro atoms. The van der Waals surface area contributed by atoms with E-state index in [1.54, 1.807) is 0 Å². The Bertz CT molecular complexity index is 933. The average Bonchev–Trinajstić information content (AvgIpc) is 2.98. The summed E-state index contributed by atoms with van der Waals surface area (Å²) < 4.78 is 0. The second-order valence-electron chi connectivity index (χ2n) is 6.69. The predicted molar refractivity (Wildman–Crippen MR) is 104 cm³/mol. The van der Waals surface area contributed by atoms with Gasteiger partial charge in [0.2, 0.25) is 0 Å². The molecular weight excluding hydrogens is 308 g/mol. The van der Waals surface area contributed by atoms with Crippen LogP contribution in [0.25, 0.3) is 10.8 Å². The Morgan fingerprint density at radius 2 is 1.80 bits per heavy atom. The van der Waals surface area contributed by atoms with Crippen molar-refractivity contribution in [3.8, 4) is 0 Å².